The summed E-state index contributed by atoms with van der Waals surface area (Å²) in [7, 11) is 0. The summed E-state index contributed by atoms with van der Waals surface area (Å²) < 4.78 is 0. The number of aromatic nitrogens is 4. The van der Waals surface area contributed by atoms with Gasteiger partial charge in [-0.05, 0) is 19.1 Å². The highest BCUT2D eigenvalue weighted by atomic mass is 16.2. The molecule has 0 atom stereocenters. The van der Waals surface area contributed by atoms with Crippen LogP contribution in [-0.2, 0) is 4.79 Å². The highest BCUT2D eigenvalue weighted by Crippen LogP contribution is 1.88. The summed E-state index contributed by atoms with van der Waals surface area (Å²) in [6.07, 6.45) is 0. The molecule has 88 valence electrons. The molecular formula is C8H14N6O2. The van der Waals surface area contributed by atoms with Gasteiger partial charge in [0.15, 0.2) is 0 Å². The van der Waals surface area contributed by atoms with Crippen LogP contribution in [-0.4, -0.2) is 57.0 Å². The van der Waals surface area contributed by atoms with Crippen molar-refractivity contribution in [2.24, 2.45) is 0 Å². The Bertz CT molecular complexity index is 345. The summed E-state index contributed by atoms with van der Waals surface area (Å²) in [5.74, 6) is -0.733. The van der Waals surface area contributed by atoms with Crippen molar-refractivity contribution in [2.75, 3.05) is 19.6 Å². The fraction of sp³-hybridized carbons (Fsp3) is 0.625. The number of amides is 2. The molecule has 0 saturated carbocycles. The lowest BCUT2D eigenvalue weighted by atomic mass is 10.4. The first-order valence-electron chi connectivity index (χ1n) is 4.98. The van der Waals surface area contributed by atoms with Crippen LogP contribution >= 0.6 is 0 Å². The number of tetrazole rings is 1. The summed E-state index contributed by atoms with van der Waals surface area (Å²) >= 11 is 0. The molecule has 0 unspecified atom stereocenters. The lowest BCUT2D eigenvalue weighted by molar-refractivity contribution is -0.129. The summed E-state index contributed by atoms with van der Waals surface area (Å²) in [6.45, 7) is 4.93. The van der Waals surface area contributed by atoms with Crippen molar-refractivity contribution in [3.63, 3.8) is 0 Å². The van der Waals surface area contributed by atoms with E-state index >= 15 is 0 Å². The molecule has 0 radical (unpaired) electrons. The number of rotatable bonds is 5. The molecular weight excluding hydrogens is 212 g/mol. The average Bonchev–Trinajstić information content (AvgIpc) is 2.81. The Hall–Kier alpha value is -1.99. The molecule has 8 nitrogen and oxygen atoms in total. The molecule has 1 rings (SSSR count). The van der Waals surface area contributed by atoms with E-state index in [1.165, 1.54) is 0 Å². The van der Waals surface area contributed by atoms with Gasteiger partial charge in [-0.1, -0.05) is 0 Å². The topological polar surface area (TPSA) is 104 Å². The summed E-state index contributed by atoms with van der Waals surface area (Å²) in [4.78, 5) is 24.5. The number of nitrogens with one attached hydrogen (secondary N) is 2. The maximum Gasteiger partial charge on any atom is 0.293 e. The highest BCUT2D eigenvalue weighted by molar-refractivity contribution is 5.93. The van der Waals surface area contributed by atoms with Crippen LogP contribution in [0.4, 0.5) is 0 Å². The third-order valence-corrected chi connectivity index (χ3v) is 2.06. The molecule has 0 spiro atoms. The Kier molecular flexibility index (Phi) is 4.37. The van der Waals surface area contributed by atoms with Crippen LogP contribution in [0, 0.1) is 0 Å². The minimum absolute atomic E-state index is 0.0605. The van der Waals surface area contributed by atoms with E-state index in [9.17, 15) is 9.59 Å². The minimum Gasteiger partial charge on any atom is -0.342 e. The van der Waals surface area contributed by atoms with Crippen LogP contribution in [0.15, 0.2) is 0 Å². The van der Waals surface area contributed by atoms with E-state index in [2.05, 4.69) is 25.9 Å². The SMILES string of the molecule is CCN(CC)C(=O)CNC(=O)c1nn[nH]n1. The number of carbonyl (C=O) groups is 2. The molecule has 0 aliphatic carbocycles. The molecule has 2 amide bonds. The van der Waals surface area contributed by atoms with Crippen molar-refractivity contribution in [2.45, 2.75) is 13.8 Å². The van der Waals surface area contributed by atoms with Crippen molar-refractivity contribution in [1.82, 2.24) is 30.8 Å². The van der Waals surface area contributed by atoms with Gasteiger partial charge in [0, 0.05) is 13.1 Å². The van der Waals surface area contributed by atoms with Crippen molar-refractivity contribution in [1.29, 1.82) is 0 Å². The maximum atomic E-state index is 11.5. The quantitative estimate of drug-likeness (QED) is 0.656. The van der Waals surface area contributed by atoms with E-state index in [-0.39, 0.29) is 18.3 Å². The number of hydrogen-bond acceptors (Lipinski definition) is 5. The third kappa shape index (κ3) is 3.01. The molecule has 1 aromatic rings. The minimum atomic E-state index is -0.519. The van der Waals surface area contributed by atoms with E-state index in [1.807, 2.05) is 13.8 Å². The first-order valence-corrected chi connectivity index (χ1v) is 4.98. The zero-order valence-electron chi connectivity index (χ0n) is 9.23. The fourth-order valence-electron chi connectivity index (χ4n) is 1.18. The van der Waals surface area contributed by atoms with Crippen LogP contribution < -0.4 is 5.32 Å². The van der Waals surface area contributed by atoms with Gasteiger partial charge in [-0.3, -0.25) is 9.59 Å². The zero-order valence-corrected chi connectivity index (χ0v) is 9.23. The van der Waals surface area contributed by atoms with E-state index in [0.29, 0.717) is 13.1 Å². The Morgan fingerprint density at radius 3 is 2.56 bits per heavy atom. The predicted octanol–water partition coefficient (Wildman–Crippen LogP) is -1.20. The van der Waals surface area contributed by atoms with Gasteiger partial charge in [-0.25, -0.2) is 0 Å². The second-order valence-corrected chi connectivity index (χ2v) is 2.98. The number of hydrogen-bond donors (Lipinski definition) is 2. The fourth-order valence-corrected chi connectivity index (χ4v) is 1.18. The molecule has 16 heavy (non-hydrogen) atoms. The van der Waals surface area contributed by atoms with Crippen molar-refractivity contribution >= 4 is 11.8 Å². The van der Waals surface area contributed by atoms with Gasteiger partial charge in [0.05, 0.1) is 6.54 Å². The zero-order chi connectivity index (χ0) is 12.0. The van der Waals surface area contributed by atoms with Gasteiger partial charge in [-0.2, -0.15) is 5.21 Å². The number of aromatic amines is 1. The Morgan fingerprint density at radius 1 is 1.38 bits per heavy atom. The van der Waals surface area contributed by atoms with E-state index in [4.69, 9.17) is 0 Å². The largest absolute Gasteiger partial charge is 0.342 e. The molecule has 0 aromatic carbocycles. The standard InChI is InChI=1S/C8H14N6O2/c1-3-14(4-2)6(15)5-9-8(16)7-10-12-13-11-7/h3-5H2,1-2H3,(H,9,16)(H,10,11,12,13). The Balaban J connectivity index is 2.40. The predicted molar refractivity (Wildman–Crippen MR) is 54.4 cm³/mol. The number of carbonyl (C=O) groups excluding carboxylic acids is 2. The lowest BCUT2D eigenvalue weighted by Gasteiger charge is -2.18. The highest BCUT2D eigenvalue weighted by Gasteiger charge is 2.14. The van der Waals surface area contributed by atoms with Gasteiger partial charge < -0.3 is 10.2 Å². The third-order valence-electron chi connectivity index (χ3n) is 2.06. The molecule has 2 N–H and O–H groups in total. The van der Waals surface area contributed by atoms with Crippen LogP contribution in [0.25, 0.3) is 0 Å². The van der Waals surface area contributed by atoms with Gasteiger partial charge >= 0.3 is 0 Å². The number of nitrogens with zero attached hydrogens (tertiary/aromatic N) is 4. The Labute approximate surface area is 92.4 Å². The van der Waals surface area contributed by atoms with E-state index < -0.39 is 5.91 Å². The molecule has 0 saturated heterocycles. The van der Waals surface area contributed by atoms with Crippen LogP contribution in [0.2, 0.25) is 0 Å². The normalized spacial score (nSPS) is 9.88. The van der Waals surface area contributed by atoms with Gasteiger partial charge in [0.25, 0.3) is 11.7 Å². The molecule has 0 fully saturated rings. The van der Waals surface area contributed by atoms with Crippen LogP contribution in [0.3, 0.4) is 0 Å². The molecule has 8 heteroatoms. The monoisotopic (exact) mass is 226 g/mol. The summed E-state index contributed by atoms with van der Waals surface area (Å²) in [6, 6.07) is 0. The van der Waals surface area contributed by atoms with E-state index in [0.717, 1.165) is 0 Å². The number of likely N-dealkylation sites (N-methyl/N-ethyl adjacent to an activating group) is 1. The van der Waals surface area contributed by atoms with Crippen LogP contribution in [0.5, 0.6) is 0 Å². The number of H-pyrrole nitrogens is 1. The van der Waals surface area contributed by atoms with Crippen molar-refractivity contribution < 1.29 is 9.59 Å². The Morgan fingerprint density at radius 2 is 2.06 bits per heavy atom. The van der Waals surface area contributed by atoms with Crippen molar-refractivity contribution in [3.05, 3.63) is 5.82 Å². The average molecular weight is 226 g/mol. The van der Waals surface area contributed by atoms with Gasteiger partial charge in [-0.15, -0.1) is 10.2 Å². The molecule has 0 aliphatic heterocycles. The molecule has 1 aromatic heterocycles. The van der Waals surface area contributed by atoms with Gasteiger partial charge in [0.1, 0.15) is 0 Å². The second kappa shape index (κ2) is 5.79. The lowest BCUT2D eigenvalue weighted by Crippen LogP contribution is -2.40. The maximum absolute atomic E-state index is 11.5. The molecule has 1 heterocycles. The first kappa shape index (κ1) is 12.1. The van der Waals surface area contributed by atoms with Gasteiger partial charge in [0.2, 0.25) is 5.91 Å². The second-order valence-electron chi connectivity index (χ2n) is 2.98. The first-order chi connectivity index (χ1) is 7.69. The van der Waals surface area contributed by atoms with Crippen molar-refractivity contribution in [3.8, 4) is 0 Å². The van der Waals surface area contributed by atoms with Crippen LogP contribution in [0.1, 0.15) is 24.5 Å². The summed E-state index contributed by atoms with van der Waals surface area (Å²) in [5, 5.41) is 14.8. The molecule has 0 bridgehead atoms. The molecule has 0 aliphatic rings. The van der Waals surface area contributed by atoms with E-state index in [1.54, 1.807) is 4.90 Å². The smallest absolute Gasteiger partial charge is 0.293 e. The summed E-state index contributed by atoms with van der Waals surface area (Å²) in [5.41, 5.74) is 0.